The molecule has 0 aromatic rings. The Morgan fingerprint density at radius 2 is 1.69 bits per heavy atom. The minimum absolute atomic E-state index is 0.160. The summed E-state index contributed by atoms with van der Waals surface area (Å²) < 4.78 is 5.26. The van der Waals surface area contributed by atoms with Gasteiger partial charge in [0.15, 0.2) is 0 Å². The quantitative estimate of drug-likeness (QED) is 0.440. The van der Waals surface area contributed by atoms with Crippen molar-refractivity contribution >= 4 is 5.97 Å². The van der Waals surface area contributed by atoms with Gasteiger partial charge < -0.3 is 9.84 Å². The Labute approximate surface area is 95.5 Å². The normalized spacial score (nSPS) is 49.1. The van der Waals surface area contributed by atoms with Crippen LogP contribution in [0.4, 0.5) is 0 Å². The molecule has 0 heterocycles. The van der Waals surface area contributed by atoms with Gasteiger partial charge >= 0.3 is 5.97 Å². The number of aliphatic hydroxyl groups is 1. The highest BCUT2D eigenvalue weighted by Gasteiger charge is 2.58. The first-order valence-corrected chi connectivity index (χ1v) is 6.19. The summed E-state index contributed by atoms with van der Waals surface area (Å²) >= 11 is 0. The average Bonchev–Trinajstić information content (AvgIpc) is 2.25. The monoisotopic (exact) mass is 222 g/mol. The van der Waals surface area contributed by atoms with Crippen LogP contribution in [0.5, 0.6) is 0 Å². The lowest BCUT2D eigenvalue weighted by atomic mass is 9.53. The van der Waals surface area contributed by atoms with Gasteiger partial charge in [0.2, 0.25) is 5.79 Å². The van der Waals surface area contributed by atoms with Gasteiger partial charge in [-0.1, -0.05) is 6.58 Å². The minimum atomic E-state index is -1.20. The Balaban J connectivity index is 1.84. The first-order chi connectivity index (χ1) is 7.61. The van der Waals surface area contributed by atoms with Gasteiger partial charge in [-0.05, 0) is 43.9 Å². The number of hydrogen-bond acceptors (Lipinski definition) is 3. The number of carbonyl (C=O) groups excluding carboxylic acids is 1. The molecule has 16 heavy (non-hydrogen) atoms. The highest BCUT2D eigenvalue weighted by Crippen LogP contribution is 2.58. The van der Waals surface area contributed by atoms with Gasteiger partial charge in [0.05, 0.1) is 0 Å². The van der Waals surface area contributed by atoms with Gasteiger partial charge in [-0.3, -0.25) is 0 Å². The third-order valence-corrected chi connectivity index (χ3v) is 4.74. The molecular formula is C13H18O3. The highest BCUT2D eigenvalue weighted by molar-refractivity contribution is 5.81. The lowest BCUT2D eigenvalue weighted by molar-refractivity contribution is -0.299. The molecule has 0 spiro atoms. The van der Waals surface area contributed by atoms with E-state index < -0.39 is 11.8 Å². The van der Waals surface area contributed by atoms with Gasteiger partial charge in [0.1, 0.15) is 0 Å². The second kappa shape index (κ2) is 3.33. The van der Waals surface area contributed by atoms with Crippen LogP contribution in [0.25, 0.3) is 0 Å². The smallest absolute Gasteiger partial charge is 0.332 e. The van der Waals surface area contributed by atoms with E-state index in [1.807, 2.05) is 0 Å². The minimum Gasteiger partial charge on any atom is -0.430 e. The molecule has 88 valence electrons. The number of rotatable bonds is 2. The summed E-state index contributed by atoms with van der Waals surface area (Å²) in [6.45, 7) is 3.39. The van der Waals surface area contributed by atoms with E-state index in [1.165, 1.54) is 6.42 Å². The zero-order valence-corrected chi connectivity index (χ0v) is 9.39. The first kappa shape index (κ1) is 10.3. The van der Waals surface area contributed by atoms with E-state index in [0.29, 0.717) is 0 Å². The van der Waals surface area contributed by atoms with Crippen LogP contribution < -0.4 is 0 Å². The Morgan fingerprint density at radius 3 is 2.12 bits per heavy atom. The van der Waals surface area contributed by atoms with Crippen molar-refractivity contribution in [2.24, 2.45) is 23.7 Å². The first-order valence-electron chi connectivity index (χ1n) is 6.19. The molecule has 0 saturated heterocycles. The largest absolute Gasteiger partial charge is 0.430 e. The molecule has 4 bridgehead atoms. The average molecular weight is 222 g/mol. The van der Waals surface area contributed by atoms with Crippen LogP contribution in [0, 0.1) is 23.7 Å². The lowest BCUT2D eigenvalue weighted by Crippen LogP contribution is -2.59. The molecule has 3 nitrogen and oxygen atoms in total. The van der Waals surface area contributed by atoms with Crippen molar-refractivity contribution in [2.75, 3.05) is 0 Å². The maximum absolute atomic E-state index is 11.3. The molecule has 0 atom stereocenters. The Bertz CT molecular complexity index is 306. The summed E-state index contributed by atoms with van der Waals surface area (Å²) in [6.07, 6.45) is 6.55. The van der Waals surface area contributed by atoms with Crippen molar-refractivity contribution in [3.8, 4) is 0 Å². The van der Waals surface area contributed by atoms with Gasteiger partial charge in [0.25, 0.3) is 0 Å². The Hall–Kier alpha value is -0.830. The van der Waals surface area contributed by atoms with Crippen LogP contribution in [-0.4, -0.2) is 16.9 Å². The summed E-state index contributed by atoms with van der Waals surface area (Å²) in [7, 11) is 0. The molecule has 1 N–H and O–H groups in total. The molecule has 4 saturated carbocycles. The molecule has 4 rings (SSSR count). The second-order valence-corrected chi connectivity index (χ2v) is 5.68. The third kappa shape index (κ3) is 1.34. The summed E-state index contributed by atoms with van der Waals surface area (Å²) in [5.41, 5.74) is 0. The van der Waals surface area contributed by atoms with Gasteiger partial charge in [-0.15, -0.1) is 0 Å². The van der Waals surface area contributed by atoms with E-state index in [9.17, 15) is 9.90 Å². The molecule has 4 fully saturated rings. The molecule has 0 unspecified atom stereocenters. The molecule has 3 heteroatoms. The van der Waals surface area contributed by atoms with Crippen molar-refractivity contribution in [3.05, 3.63) is 12.7 Å². The van der Waals surface area contributed by atoms with E-state index in [2.05, 4.69) is 6.58 Å². The van der Waals surface area contributed by atoms with Crippen LogP contribution >= 0.6 is 0 Å². The maximum atomic E-state index is 11.3. The van der Waals surface area contributed by atoms with E-state index in [0.717, 1.165) is 43.6 Å². The highest BCUT2D eigenvalue weighted by atomic mass is 16.7. The molecule has 4 aliphatic carbocycles. The molecule has 0 aromatic heterocycles. The summed E-state index contributed by atoms with van der Waals surface area (Å²) in [5, 5.41) is 10.6. The summed E-state index contributed by atoms with van der Waals surface area (Å²) in [6, 6.07) is 0. The van der Waals surface area contributed by atoms with Crippen molar-refractivity contribution in [1.82, 2.24) is 0 Å². The molecular weight excluding hydrogens is 204 g/mol. The van der Waals surface area contributed by atoms with E-state index in [-0.39, 0.29) is 11.8 Å². The Morgan fingerprint density at radius 1 is 1.19 bits per heavy atom. The zero-order valence-electron chi connectivity index (χ0n) is 9.39. The molecule has 0 amide bonds. The van der Waals surface area contributed by atoms with Crippen LogP contribution in [-0.2, 0) is 9.53 Å². The van der Waals surface area contributed by atoms with E-state index in [1.54, 1.807) is 0 Å². The second-order valence-electron chi connectivity index (χ2n) is 5.68. The van der Waals surface area contributed by atoms with Gasteiger partial charge in [0, 0.05) is 17.9 Å². The number of ether oxygens (including phenoxy) is 1. The maximum Gasteiger partial charge on any atom is 0.332 e. The lowest BCUT2D eigenvalue weighted by Gasteiger charge is -2.57. The predicted octanol–water partition coefficient (Wildman–Crippen LogP) is 1.86. The van der Waals surface area contributed by atoms with E-state index >= 15 is 0 Å². The van der Waals surface area contributed by atoms with Crippen LogP contribution in [0.2, 0.25) is 0 Å². The van der Waals surface area contributed by atoms with Crippen molar-refractivity contribution < 1.29 is 14.6 Å². The van der Waals surface area contributed by atoms with Crippen molar-refractivity contribution in [3.63, 3.8) is 0 Å². The van der Waals surface area contributed by atoms with Crippen molar-refractivity contribution in [1.29, 1.82) is 0 Å². The number of hydrogen-bond donors (Lipinski definition) is 1. The van der Waals surface area contributed by atoms with Gasteiger partial charge in [-0.2, -0.15) is 0 Å². The molecule has 0 aromatic carbocycles. The number of esters is 1. The fourth-order valence-corrected chi connectivity index (χ4v) is 4.23. The Kier molecular flexibility index (Phi) is 2.15. The zero-order chi connectivity index (χ0) is 11.3. The molecule has 0 aliphatic heterocycles. The molecule has 0 radical (unpaired) electrons. The van der Waals surface area contributed by atoms with Crippen LogP contribution in [0.3, 0.4) is 0 Å². The standard InChI is InChI=1S/C13H18O3/c1-2-12(14)16-13(15)10-4-8-3-9(6-10)7-11(13)5-8/h2,8-11,15H,1,3-7H2. The van der Waals surface area contributed by atoms with Gasteiger partial charge in [-0.25, -0.2) is 4.79 Å². The van der Waals surface area contributed by atoms with Crippen LogP contribution in [0.1, 0.15) is 32.1 Å². The third-order valence-electron chi connectivity index (χ3n) is 4.74. The summed E-state index contributed by atoms with van der Waals surface area (Å²) in [5.74, 6) is 0.143. The predicted molar refractivity (Wildman–Crippen MR) is 58.3 cm³/mol. The number of carbonyl (C=O) groups is 1. The fraction of sp³-hybridized carbons (Fsp3) is 0.769. The van der Waals surface area contributed by atoms with Crippen molar-refractivity contribution in [2.45, 2.75) is 37.9 Å². The topological polar surface area (TPSA) is 46.5 Å². The van der Waals surface area contributed by atoms with E-state index in [4.69, 9.17) is 4.74 Å². The SMILES string of the molecule is C=CC(=O)OC1(O)C2CC3CC(C2)CC1C3. The summed E-state index contributed by atoms with van der Waals surface area (Å²) in [4.78, 5) is 11.3. The fourth-order valence-electron chi connectivity index (χ4n) is 4.23. The molecule has 4 aliphatic rings. The van der Waals surface area contributed by atoms with Crippen LogP contribution in [0.15, 0.2) is 12.7 Å².